The minimum atomic E-state index is 0.548. The average molecular weight is 289 g/mol. The molecule has 2 N–H and O–H groups in total. The quantitative estimate of drug-likeness (QED) is 0.752. The molecular formula is C13H15N5OS. The molecule has 0 unspecified atom stereocenters. The number of rotatable bonds is 5. The second-order valence-corrected chi connectivity index (χ2v) is 5.57. The van der Waals surface area contributed by atoms with E-state index in [9.17, 15) is 0 Å². The zero-order valence-corrected chi connectivity index (χ0v) is 12.1. The number of anilines is 2. The predicted octanol–water partition coefficient (Wildman–Crippen LogP) is 3.03. The standard InChI is InChI=1S/C13H15N5OS/c1-3-14-13-17-11(15-7-9-4-5-16-19-9)10-6-8(2)20-12(10)18-13/h4-6H,3,7H2,1-2H3,(H2,14,15,17,18). The Labute approximate surface area is 120 Å². The first kappa shape index (κ1) is 12.9. The van der Waals surface area contributed by atoms with Crippen LogP contribution in [0.15, 0.2) is 22.9 Å². The normalized spacial score (nSPS) is 10.9. The van der Waals surface area contributed by atoms with Crippen LogP contribution in [-0.4, -0.2) is 21.7 Å². The Morgan fingerprint density at radius 3 is 2.95 bits per heavy atom. The molecule has 0 aromatic carbocycles. The van der Waals surface area contributed by atoms with Gasteiger partial charge in [0.05, 0.1) is 18.1 Å². The number of fused-ring (bicyclic) bond motifs is 1. The van der Waals surface area contributed by atoms with Crippen LogP contribution in [-0.2, 0) is 6.54 Å². The largest absolute Gasteiger partial charge is 0.362 e. The van der Waals surface area contributed by atoms with E-state index < -0.39 is 0 Å². The lowest BCUT2D eigenvalue weighted by Crippen LogP contribution is -2.06. The first-order valence-corrected chi connectivity index (χ1v) is 7.23. The monoisotopic (exact) mass is 289 g/mol. The van der Waals surface area contributed by atoms with Gasteiger partial charge < -0.3 is 15.2 Å². The molecule has 3 rings (SSSR count). The van der Waals surface area contributed by atoms with Crippen molar-refractivity contribution >= 4 is 33.3 Å². The first-order valence-electron chi connectivity index (χ1n) is 6.41. The van der Waals surface area contributed by atoms with Crippen LogP contribution in [0, 0.1) is 6.92 Å². The lowest BCUT2D eigenvalue weighted by atomic mass is 10.3. The van der Waals surface area contributed by atoms with Crippen LogP contribution in [0.5, 0.6) is 0 Å². The summed E-state index contributed by atoms with van der Waals surface area (Å²) in [6.45, 7) is 5.43. The maximum Gasteiger partial charge on any atom is 0.226 e. The smallest absolute Gasteiger partial charge is 0.226 e. The third-order valence-electron chi connectivity index (χ3n) is 2.77. The van der Waals surface area contributed by atoms with E-state index in [1.165, 1.54) is 4.88 Å². The molecule has 0 saturated carbocycles. The molecule has 0 amide bonds. The average Bonchev–Trinajstić information content (AvgIpc) is 3.04. The van der Waals surface area contributed by atoms with Crippen LogP contribution >= 0.6 is 11.3 Å². The molecule has 104 valence electrons. The highest BCUT2D eigenvalue weighted by Gasteiger charge is 2.10. The Kier molecular flexibility index (Phi) is 3.51. The van der Waals surface area contributed by atoms with Gasteiger partial charge in [-0.15, -0.1) is 11.3 Å². The van der Waals surface area contributed by atoms with Crippen LogP contribution in [0.4, 0.5) is 11.8 Å². The second-order valence-electron chi connectivity index (χ2n) is 4.33. The van der Waals surface area contributed by atoms with Gasteiger partial charge in [0.15, 0.2) is 5.76 Å². The van der Waals surface area contributed by atoms with Gasteiger partial charge in [-0.05, 0) is 19.9 Å². The van der Waals surface area contributed by atoms with E-state index in [1.54, 1.807) is 17.5 Å². The van der Waals surface area contributed by atoms with Gasteiger partial charge in [-0.1, -0.05) is 5.16 Å². The topological polar surface area (TPSA) is 75.9 Å². The number of aromatic nitrogens is 3. The summed E-state index contributed by atoms with van der Waals surface area (Å²) < 4.78 is 5.08. The van der Waals surface area contributed by atoms with E-state index in [4.69, 9.17) is 4.52 Å². The lowest BCUT2D eigenvalue weighted by molar-refractivity contribution is 0.388. The van der Waals surface area contributed by atoms with Crippen molar-refractivity contribution in [2.75, 3.05) is 17.2 Å². The van der Waals surface area contributed by atoms with Gasteiger partial charge in [0.25, 0.3) is 0 Å². The molecule has 0 aliphatic carbocycles. The van der Waals surface area contributed by atoms with Crippen molar-refractivity contribution in [3.63, 3.8) is 0 Å². The van der Waals surface area contributed by atoms with Crippen molar-refractivity contribution in [1.82, 2.24) is 15.1 Å². The molecule has 3 aromatic heterocycles. The highest BCUT2D eigenvalue weighted by Crippen LogP contribution is 2.29. The minimum Gasteiger partial charge on any atom is -0.362 e. The summed E-state index contributed by atoms with van der Waals surface area (Å²) in [6, 6.07) is 3.92. The van der Waals surface area contributed by atoms with Crippen LogP contribution in [0.2, 0.25) is 0 Å². The maximum absolute atomic E-state index is 5.08. The summed E-state index contributed by atoms with van der Waals surface area (Å²) >= 11 is 1.66. The van der Waals surface area contributed by atoms with Gasteiger partial charge in [-0.25, -0.2) is 4.98 Å². The van der Waals surface area contributed by atoms with Crippen molar-refractivity contribution in [2.24, 2.45) is 0 Å². The zero-order valence-electron chi connectivity index (χ0n) is 11.3. The van der Waals surface area contributed by atoms with Gasteiger partial charge in [0, 0.05) is 17.5 Å². The SMILES string of the molecule is CCNc1nc(NCc2ccno2)c2cc(C)sc2n1. The molecule has 7 heteroatoms. The highest BCUT2D eigenvalue weighted by atomic mass is 32.1. The van der Waals surface area contributed by atoms with E-state index in [0.717, 1.165) is 28.3 Å². The Morgan fingerprint density at radius 2 is 2.20 bits per heavy atom. The molecule has 0 bridgehead atoms. The van der Waals surface area contributed by atoms with Crippen LogP contribution in [0.3, 0.4) is 0 Å². The first-order chi connectivity index (χ1) is 9.76. The van der Waals surface area contributed by atoms with Gasteiger partial charge in [-0.3, -0.25) is 0 Å². The van der Waals surface area contributed by atoms with E-state index >= 15 is 0 Å². The third-order valence-corrected chi connectivity index (χ3v) is 3.72. The van der Waals surface area contributed by atoms with Crippen LogP contribution < -0.4 is 10.6 Å². The molecule has 0 aliphatic rings. The minimum absolute atomic E-state index is 0.548. The number of nitrogens with one attached hydrogen (secondary N) is 2. The van der Waals surface area contributed by atoms with E-state index in [0.29, 0.717) is 12.5 Å². The summed E-state index contributed by atoms with van der Waals surface area (Å²) in [5.74, 6) is 2.22. The fourth-order valence-electron chi connectivity index (χ4n) is 1.92. The molecule has 0 aliphatic heterocycles. The highest BCUT2D eigenvalue weighted by molar-refractivity contribution is 7.18. The Bertz CT molecular complexity index is 707. The Morgan fingerprint density at radius 1 is 1.30 bits per heavy atom. The molecule has 3 heterocycles. The molecule has 3 aromatic rings. The van der Waals surface area contributed by atoms with Crippen molar-refractivity contribution in [3.8, 4) is 0 Å². The fraction of sp³-hybridized carbons (Fsp3) is 0.308. The van der Waals surface area contributed by atoms with E-state index in [2.05, 4.69) is 38.7 Å². The predicted molar refractivity (Wildman–Crippen MR) is 80.1 cm³/mol. The molecule has 0 atom stereocenters. The maximum atomic E-state index is 5.08. The van der Waals surface area contributed by atoms with Crippen LogP contribution in [0.1, 0.15) is 17.6 Å². The molecule has 0 saturated heterocycles. The summed E-state index contributed by atoms with van der Waals surface area (Å²) in [6.07, 6.45) is 1.63. The molecule has 0 spiro atoms. The third kappa shape index (κ3) is 2.57. The molecule has 0 fully saturated rings. The van der Waals surface area contributed by atoms with Gasteiger partial charge in [-0.2, -0.15) is 4.98 Å². The number of thiophene rings is 1. The summed E-state index contributed by atoms with van der Waals surface area (Å²) in [5, 5.41) is 11.2. The summed E-state index contributed by atoms with van der Waals surface area (Å²) in [4.78, 5) is 11.2. The van der Waals surface area contributed by atoms with E-state index in [-0.39, 0.29) is 0 Å². The molecule has 6 nitrogen and oxygen atoms in total. The number of nitrogens with zero attached hydrogens (tertiary/aromatic N) is 3. The lowest BCUT2D eigenvalue weighted by Gasteiger charge is -2.07. The Hall–Kier alpha value is -2.15. The van der Waals surface area contributed by atoms with Gasteiger partial charge in [0.2, 0.25) is 5.95 Å². The summed E-state index contributed by atoms with van der Waals surface area (Å²) in [5.41, 5.74) is 0. The van der Waals surface area contributed by atoms with Gasteiger partial charge in [0.1, 0.15) is 10.6 Å². The number of hydrogen-bond acceptors (Lipinski definition) is 7. The zero-order chi connectivity index (χ0) is 13.9. The van der Waals surface area contributed by atoms with Crippen molar-refractivity contribution < 1.29 is 4.52 Å². The molecular weight excluding hydrogens is 274 g/mol. The van der Waals surface area contributed by atoms with Crippen molar-refractivity contribution in [2.45, 2.75) is 20.4 Å². The Balaban J connectivity index is 1.93. The number of aryl methyl sites for hydroxylation is 1. The van der Waals surface area contributed by atoms with Crippen molar-refractivity contribution in [1.29, 1.82) is 0 Å². The summed E-state index contributed by atoms with van der Waals surface area (Å²) in [7, 11) is 0. The van der Waals surface area contributed by atoms with Crippen molar-refractivity contribution in [3.05, 3.63) is 29.0 Å². The van der Waals surface area contributed by atoms with E-state index in [1.807, 2.05) is 13.0 Å². The van der Waals surface area contributed by atoms with Gasteiger partial charge >= 0.3 is 0 Å². The van der Waals surface area contributed by atoms with Crippen LogP contribution in [0.25, 0.3) is 10.2 Å². The fourth-order valence-corrected chi connectivity index (χ4v) is 2.80. The second kappa shape index (κ2) is 5.46. The molecule has 0 radical (unpaired) electrons. The number of hydrogen-bond donors (Lipinski definition) is 2. The molecule has 20 heavy (non-hydrogen) atoms.